The van der Waals surface area contributed by atoms with Crippen LogP contribution in [0, 0.1) is 0 Å². The van der Waals surface area contributed by atoms with Crippen molar-refractivity contribution in [2.75, 3.05) is 0 Å². The smallest absolute Gasteiger partial charge is 0.203 e. The number of allylic oxidation sites excluding steroid dienone is 3. The van der Waals surface area contributed by atoms with Gasteiger partial charge in [0.15, 0.2) is 0 Å². The molecule has 7 heavy (non-hydrogen) atoms. The molecule has 0 saturated carbocycles. The van der Waals surface area contributed by atoms with Gasteiger partial charge in [-0.3, -0.25) is 0 Å². The zero-order chi connectivity index (χ0) is 5.70. The van der Waals surface area contributed by atoms with E-state index in [9.17, 15) is 0 Å². The lowest BCUT2D eigenvalue weighted by Crippen LogP contribution is -1.77. The molecule has 0 aliphatic carbocycles. The van der Waals surface area contributed by atoms with E-state index in [4.69, 9.17) is 4.43 Å². The Hall–Kier alpha value is -0.503. The van der Waals surface area contributed by atoms with Crippen LogP contribution in [0.5, 0.6) is 0 Å². The molecule has 0 fully saturated rings. The first-order chi connectivity index (χ1) is 3.31. The Morgan fingerprint density at radius 3 is 2.57 bits per heavy atom. The zero-order valence-corrected chi connectivity index (χ0v) is 6.77. The van der Waals surface area contributed by atoms with Crippen molar-refractivity contribution in [2.24, 2.45) is 0 Å². The van der Waals surface area contributed by atoms with Crippen LogP contribution in [0.2, 0.25) is 0 Å². The van der Waals surface area contributed by atoms with Gasteiger partial charge in [0.1, 0.15) is 0 Å². The van der Waals surface area contributed by atoms with E-state index in [0.717, 1.165) is 16.2 Å². The lowest BCUT2D eigenvalue weighted by Gasteiger charge is -1.93. The number of hydrogen-bond donors (Lipinski definition) is 0. The molecule has 1 nitrogen and oxygen atoms in total. The molecule has 0 aliphatic heterocycles. The van der Waals surface area contributed by atoms with Gasteiger partial charge in [-0.1, -0.05) is 12.7 Å². The standard InChI is InChI=1S/C5H10OSi/c1-3-4-5(2)6-7/h3-4H,1H2,2,7H3. The molecule has 0 N–H and O–H groups in total. The van der Waals surface area contributed by atoms with Crippen LogP contribution < -0.4 is 0 Å². The maximum absolute atomic E-state index is 4.92. The minimum Gasteiger partial charge on any atom is -0.556 e. The molecule has 0 aromatic heterocycles. The molecule has 0 aliphatic rings. The monoisotopic (exact) mass is 114 g/mol. The summed E-state index contributed by atoms with van der Waals surface area (Å²) in [7, 11) is 0.771. The van der Waals surface area contributed by atoms with Gasteiger partial charge < -0.3 is 4.43 Å². The number of hydrogen-bond acceptors (Lipinski definition) is 1. The molecule has 0 heterocycles. The second kappa shape index (κ2) is 3.68. The highest BCUT2D eigenvalue weighted by Gasteiger charge is 1.73. The fourth-order valence-corrected chi connectivity index (χ4v) is 0.370. The summed E-state index contributed by atoms with van der Waals surface area (Å²) >= 11 is 0. The lowest BCUT2D eigenvalue weighted by molar-refractivity contribution is 0.473. The van der Waals surface area contributed by atoms with Gasteiger partial charge in [-0.25, -0.2) is 0 Å². The Labute approximate surface area is 47.2 Å². The second-order valence-corrected chi connectivity index (χ2v) is 1.63. The summed E-state index contributed by atoms with van der Waals surface area (Å²) in [5.41, 5.74) is 0. The van der Waals surface area contributed by atoms with Crippen LogP contribution in [-0.4, -0.2) is 10.5 Å². The molecule has 0 bridgehead atoms. The molecular weight excluding hydrogens is 104 g/mol. The van der Waals surface area contributed by atoms with E-state index < -0.39 is 0 Å². The van der Waals surface area contributed by atoms with E-state index in [2.05, 4.69) is 6.58 Å². The summed E-state index contributed by atoms with van der Waals surface area (Å²) in [5.74, 6) is 0.946. The highest BCUT2D eigenvalue weighted by atomic mass is 28.2. The van der Waals surface area contributed by atoms with Crippen molar-refractivity contribution in [3.05, 3.63) is 24.5 Å². The van der Waals surface area contributed by atoms with Crippen LogP contribution in [0.3, 0.4) is 0 Å². The fraction of sp³-hybridized carbons (Fsp3) is 0.200. The summed E-state index contributed by atoms with van der Waals surface area (Å²) in [4.78, 5) is 0. The molecule has 0 saturated heterocycles. The third-order valence-corrected chi connectivity index (χ3v) is 1.32. The molecule has 0 amide bonds. The van der Waals surface area contributed by atoms with E-state index in [1.807, 2.05) is 13.0 Å². The molecule has 40 valence electrons. The maximum atomic E-state index is 4.92. The largest absolute Gasteiger partial charge is 0.556 e. The SMILES string of the molecule is C=CC=C(C)O[SiH3]. The van der Waals surface area contributed by atoms with Crippen LogP contribution >= 0.6 is 0 Å². The molecular formula is C5H10OSi. The van der Waals surface area contributed by atoms with Crippen molar-refractivity contribution in [2.45, 2.75) is 6.92 Å². The summed E-state index contributed by atoms with van der Waals surface area (Å²) in [6.45, 7) is 5.42. The van der Waals surface area contributed by atoms with Crippen LogP contribution in [0.25, 0.3) is 0 Å². The fourth-order valence-electron chi connectivity index (χ4n) is 0.234. The zero-order valence-electron chi connectivity index (χ0n) is 4.77. The summed E-state index contributed by atoms with van der Waals surface area (Å²) in [6, 6.07) is 0. The van der Waals surface area contributed by atoms with E-state index in [-0.39, 0.29) is 0 Å². The third-order valence-electron chi connectivity index (χ3n) is 0.675. The first-order valence-electron chi connectivity index (χ1n) is 2.14. The molecule has 0 atom stereocenters. The van der Waals surface area contributed by atoms with Crippen molar-refractivity contribution in [1.82, 2.24) is 0 Å². The number of rotatable bonds is 2. The molecule has 0 unspecified atom stereocenters. The molecule has 2 heteroatoms. The summed E-state index contributed by atoms with van der Waals surface area (Å²) in [5, 5.41) is 0. The Morgan fingerprint density at radius 1 is 1.86 bits per heavy atom. The van der Waals surface area contributed by atoms with Gasteiger partial charge >= 0.3 is 0 Å². The van der Waals surface area contributed by atoms with Crippen molar-refractivity contribution in [3.63, 3.8) is 0 Å². The predicted octanol–water partition coefficient (Wildman–Crippen LogP) is 0.373. The minimum absolute atomic E-state index is 0.771. The predicted molar refractivity (Wildman–Crippen MR) is 35.0 cm³/mol. The van der Waals surface area contributed by atoms with Crippen molar-refractivity contribution in [1.29, 1.82) is 0 Å². The van der Waals surface area contributed by atoms with Gasteiger partial charge in [-0.15, -0.1) is 0 Å². The average Bonchev–Trinajstić information content (AvgIpc) is 1.68. The Balaban J connectivity index is 3.49. The Morgan fingerprint density at radius 2 is 2.43 bits per heavy atom. The first kappa shape index (κ1) is 6.50. The van der Waals surface area contributed by atoms with Gasteiger partial charge in [0, 0.05) is 0 Å². The second-order valence-electron chi connectivity index (χ2n) is 1.22. The highest BCUT2D eigenvalue weighted by molar-refractivity contribution is 5.98. The van der Waals surface area contributed by atoms with Gasteiger partial charge in [0.05, 0.1) is 5.76 Å². The third kappa shape index (κ3) is 3.32. The molecule has 0 radical (unpaired) electrons. The molecule has 0 spiro atoms. The summed E-state index contributed by atoms with van der Waals surface area (Å²) < 4.78 is 4.92. The van der Waals surface area contributed by atoms with E-state index in [0.29, 0.717) is 0 Å². The van der Waals surface area contributed by atoms with Crippen LogP contribution in [0.15, 0.2) is 24.5 Å². The van der Waals surface area contributed by atoms with Crippen LogP contribution in [0.4, 0.5) is 0 Å². The Bertz CT molecular complexity index is 86.1. The minimum atomic E-state index is 0.771. The van der Waals surface area contributed by atoms with E-state index in [1.165, 1.54) is 0 Å². The highest BCUT2D eigenvalue weighted by Crippen LogP contribution is 1.88. The van der Waals surface area contributed by atoms with E-state index >= 15 is 0 Å². The average molecular weight is 114 g/mol. The van der Waals surface area contributed by atoms with Gasteiger partial charge in [0.2, 0.25) is 10.5 Å². The van der Waals surface area contributed by atoms with E-state index in [1.54, 1.807) is 6.08 Å². The van der Waals surface area contributed by atoms with Crippen LogP contribution in [0.1, 0.15) is 6.92 Å². The van der Waals surface area contributed by atoms with Crippen molar-refractivity contribution < 1.29 is 4.43 Å². The molecule has 0 aromatic carbocycles. The van der Waals surface area contributed by atoms with Crippen LogP contribution in [-0.2, 0) is 4.43 Å². The van der Waals surface area contributed by atoms with Gasteiger partial charge in [-0.2, -0.15) is 0 Å². The first-order valence-corrected chi connectivity index (χ1v) is 2.96. The van der Waals surface area contributed by atoms with Crippen molar-refractivity contribution >= 4 is 10.5 Å². The molecule has 0 rings (SSSR count). The topological polar surface area (TPSA) is 9.23 Å². The lowest BCUT2D eigenvalue weighted by atomic mass is 10.5. The van der Waals surface area contributed by atoms with Gasteiger partial charge in [0.25, 0.3) is 0 Å². The maximum Gasteiger partial charge on any atom is 0.203 e. The quantitative estimate of drug-likeness (QED) is 0.286. The molecule has 0 aromatic rings. The van der Waals surface area contributed by atoms with Gasteiger partial charge in [-0.05, 0) is 13.0 Å². The van der Waals surface area contributed by atoms with Crippen molar-refractivity contribution in [3.8, 4) is 0 Å². The normalized spacial score (nSPS) is 11.3. The summed E-state index contributed by atoms with van der Waals surface area (Å²) in [6.07, 6.45) is 3.56. The Kier molecular flexibility index (Phi) is 3.41.